The van der Waals surface area contributed by atoms with Gasteiger partial charge in [0.1, 0.15) is 17.9 Å². The molecule has 0 saturated heterocycles. The van der Waals surface area contributed by atoms with Crippen LogP contribution in [0, 0.1) is 5.82 Å². The third kappa shape index (κ3) is 2.71. The van der Waals surface area contributed by atoms with Gasteiger partial charge in [-0.05, 0) is 36.4 Å². The van der Waals surface area contributed by atoms with E-state index in [-0.39, 0.29) is 5.88 Å². The van der Waals surface area contributed by atoms with Gasteiger partial charge in [-0.2, -0.15) is 0 Å². The Labute approximate surface area is 125 Å². The Morgan fingerprint density at radius 2 is 2.00 bits per heavy atom. The highest BCUT2D eigenvalue weighted by molar-refractivity contribution is 5.89. The number of rotatable bonds is 3. The number of aromatic nitrogens is 2. The number of hydrogen-bond donors (Lipinski definition) is 0. The molecule has 0 aliphatic rings. The number of nitrogens with zero attached hydrogens (tertiary/aromatic N) is 2. The number of carbonyl (C=O) groups excluding carboxylic acids is 1. The minimum Gasteiger partial charge on any atom is -0.465 e. The normalized spacial score (nSPS) is 10.5. The second kappa shape index (κ2) is 5.77. The number of ether oxygens (including phenoxy) is 2. The van der Waals surface area contributed by atoms with Crippen LogP contribution < -0.4 is 4.74 Å². The molecule has 2 aromatic carbocycles. The van der Waals surface area contributed by atoms with Crippen LogP contribution in [0.1, 0.15) is 10.4 Å². The zero-order valence-corrected chi connectivity index (χ0v) is 11.6. The molecule has 1 heterocycles. The second-order valence-corrected chi connectivity index (χ2v) is 4.46. The summed E-state index contributed by atoms with van der Waals surface area (Å²) < 4.78 is 23.7. The van der Waals surface area contributed by atoms with Gasteiger partial charge in [0.05, 0.1) is 23.6 Å². The van der Waals surface area contributed by atoms with Gasteiger partial charge in [-0.1, -0.05) is 6.07 Å². The van der Waals surface area contributed by atoms with Crippen molar-refractivity contribution >= 4 is 16.9 Å². The third-order valence-corrected chi connectivity index (χ3v) is 3.03. The molecular formula is C16H11FN2O3. The minimum absolute atomic E-state index is 0.214. The van der Waals surface area contributed by atoms with Crippen LogP contribution in [0.15, 0.2) is 48.8 Å². The van der Waals surface area contributed by atoms with Crippen LogP contribution in [0.3, 0.4) is 0 Å². The first-order valence-electron chi connectivity index (χ1n) is 6.44. The van der Waals surface area contributed by atoms with E-state index in [2.05, 4.69) is 14.7 Å². The molecule has 0 atom stereocenters. The van der Waals surface area contributed by atoms with Crippen molar-refractivity contribution in [1.29, 1.82) is 0 Å². The van der Waals surface area contributed by atoms with Crippen molar-refractivity contribution in [2.24, 2.45) is 0 Å². The van der Waals surface area contributed by atoms with E-state index in [1.54, 1.807) is 24.3 Å². The van der Waals surface area contributed by atoms with E-state index >= 15 is 0 Å². The van der Waals surface area contributed by atoms with Crippen molar-refractivity contribution in [2.45, 2.75) is 0 Å². The summed E-state index contributed by atoms with van der Waals surface area (Å²) in [5.74, 6) is -0.266. The van der Waals surface area contributed by atoms with Crippen molar-refractivity contribution in [3.8, 4) is 11.6 Å². The fraction of sp³-hybridized carbons (Fsp3) is 0.0625. The summed E-state index contributed by atoms with van der Waals surface area (Å²) in [4.78, 5) is 19.6. The maximum absolute atomic E-state index is 13.4. The molecule has 0 unspecified atom stereocenters. The molecule has 1 aromatic heterocycles. The molecule has 110 valence electrons. The Bertz CT molecular complexity index is 852. The number of carbonyl (C=O) groups is 1. The summed E-state index contributed by atoms with van der Waals surface area (Å²) in [6, 6.07) is 10.6. The molecule has 0 spiro atoms. The van der Waals surface area contributed by atoms with Crippen molar-refractivity contribution in [3.05, 3.63) is 60.2 Å². The lowest BCUT2D eigenvalue weighted by molar-refractivity contribution is 0.0600. The van der Waals surface area contributed by atoms with Gasteiger partial charge in [-0.15, -0.1) is 0 Å². The first-order valence-corrected chi connectivity index (χ1v) is 6.44. The van der Waals surface area contributed by atoms with Crippen molar-refractivity contribution in [2.75, 3.05) is 7.11 Å². The molecule has 0 aliphatic heterocycles. The summed E-state index contributed by atoms with van der Waals surface area (Å²) in [6.45, 7) is 0. The molecule has 0 fully saturated rings. The van der Waals surface area contributed by atoms with Gasteiger partial charge in [-0.3, -0.25) is 0 Å². The zero-order valence-electron chi connectivity index (χ0n) is 11.6. The van der Waals surface area contributed by atoms with Crippen molar-refractivity contribution in [1.82, 2.24) is 9.97 Å². The molecule has 6 heteroatoms. The summed E-state index contributed by atoms with van der Waals surface area (Å²) in [5, 5.41) is 0.450. The predicted molar refractivity (Wildman–Crippen MR) is 77.4 cm³/mol. The van der Waals surface area contributed by atoms with Crippen LogP contribution in [-0.2, 0) is 4.74 Å². The highest BCUT2D eigenvalue weighted by atomic mass is 19.1. The van der Waals surface area contributed by atoms with E-state index in [0.717, 1.165) is 0 Å². The molecule has 0 bridgehead atoms. The molecule has 3 aromatic rings. The lowest BCUT2D eigenvalue weighted by Gasteiger charge is -2.08. The van der Waals surface area contributed by atoms with Gasteiger partial charge in [0.2, 0.25) is 5.88 Å². The molecule has 0 saturated carbocycles. The predicted octanol–water partition coefficient (Wildman–Crippen LogP) is 3.35. The zero-order chi connectivity index (χ0) is 15.5. The number of halogens is 1. The molecule has 3 rings (SSSR count). The first kappa shape index (κ1) is 13.9. The van der Waals surface area contributed by atoms with E-state index in [1.807, 2.05) is 0 Å². The third-order valence-electron chi connectivity index (χ3n) is 3.03. The molecule has 0 aliphatic carbocycles. The topological polar surface area (TPSA) is 61.3 Å². The lowest BCUT2D eigenvalue weighted by Crippen LogP contribution is -2.01. The van der Waals surface area contributed by atoms with E-state index in [0.29, 0.717) is 22.2 Å². The van der Waals surface area contributed by atoms with Crippen LogP contribution in [-0.4, -0.2) is 23.0 Å². The Hall–Kier alpha value is -3.02. The smallest absolute Gasteiger partial charge is 0.337 e. The number of methoxy groups -OCH3 is 1. The molecular weight excluding hydrogens is 287 g/mol. The molecule has 5 nitrogen and oxygen atoms in total. The van der Waals surface area contributed by atoms with Crippen molar-refractivity contribution < 1.29 is 18.7 Å². The molecule has 0 radical (unpaired) electrons. The van der Waals surface area contributed by atoms with Gasteiger partial charge in [0.25, 0.3) is 0 Å². The van der Waals surface area contributed by atoms with E-state index in [1.165, 1.54) is 31.6 Å². The first-order chi connectivity index (χ1) is 10.7. The van der Waals surface area contributed by atoms with Crippen LogP contribution in [0.25, 0.3) is 10.9 Å². The Morgan fingerprint density at radius 3 is 2.82 bits per heavy atom. The van der Waals surface area contributed by atoms with E-state index in [9.17, 15) is 9.18 Å². The fourth-order valence-electron chi connectivity index (χ4n) is 2.00. The molecule has 22 heavy (non-hydrogen) atoms. The second-order valence-electron chi connectivity index (χ2n) is 4.46. The summed E-state index contributed by atoms with van der Waals surface area (Å²) in [7, 11) is 1.30. The maximum atomic E-state index is 13.4. The largest absolute Gasteiger partial charge is 0.465 e. The van der Waals surface area contributed by atoms with Crippen molar-refractivity contribution in [3.63, 3.8) is 0 Å². The number of fused-ring (bicyclic) bond motifs is 1. The molecule has 0 amide bonds. The lowest BCUT2D eigenvalue weighted by atomic mass is 10.2. The van der Waals surface area contributed by atoms with Crippen LogP contribution in [0.4, 0.5) is 4.39 Å². The van der Waals surface area contributed by atoms with Crippen LogP contribution in [0.5, 0.6) is 11.6 Å². The standard InChI is InChI=1S/C16H11FN2O3/c1-21-16(20)10-3-2-4-12(7-10)22-15-13-8-11(17)5-6-14(13)18-9-19-15/h2-9H,1H3. The van der Waals surface area contributed by atoms with Gasteiger partial charge in [0, 0.05) is 0 Å². The summed E-state index contributed by atoms with van der Waals surface area (Å²) in [5.41, 5.74) is 0.917. The highest BCUT2D eigenvalue weighted by Gasteiger charge is 2.10. The quantitative estimate of drug-likeness (QED) is 0.694. The minimum atomic E-state index is -0.468. The number of hydrogen-bond acceptors (Lipinski definition) is 5. The Morgan fingerprint density at radius 1 is 1.14 bits per heavy atom. The van der Waals surface area contributed by atoms with E-state index in [4.69, 9.17) is 4.74 Å². The van der Waals surface area contributed by atoms with Gasteiger partial charge in [0.15, 0.2) is 0 Å². The maximum Gasteiger partial charge on any atom is 0.337 e. The number of esters is 1. The number of benzene rings is 2. The monoisotopic (exact) mass is 298 g/mol. The summed E-state index contributed by atoms with van der Waals surface area (Å²) in [6.07, 6.45) is 1.33. The molecule has 0 N–H and O–H groups in total. The van der Waals surface area contributed by atoms with Gasteiger partial charge >= 0.3 is 5.97 Å². The van der Waals surface area contributed by atoms with Crippen LogP contribution in [0.2, 0.25) is 0 Å². The van der Waals surface area contributed by atoms with Gasteiger partial charge in [-0.25, -0.2) is 19.2 Å². The average molecular weight is 298 g/mol. The van der Waals surface area contributed by atoms with Crippen LogP contribution >= 0.6 is 0 Å². The Balaban J connectivity index is 2.00. The summed E-state index contributed by atoms with van der Waals surface area (Å²) >= 11 is 0. The Kier molecular flexibility index (Phi) is 3.65. The van der Waals surface area contributed by atoms with Gasteiger partial charge < -0.3 is 9.47 Å². The average Bonchev–Trinajstić information content (AvgIpc) is 2.55. The SMILES string of the molecule is COC(=O)c1cccc(Oc2ncnc3ccc(F)cc23)c1. The van der Waals surface area contributed by atoms with E-state index < -0.39 is 11.8 Å². The fourth-order valence-corrected chi connectivity index (χ4v) is 2.00. The highest BCUT2D eigenvalue weighted by Crippen LogP contribution is 2.27.